The summed E-state index contributed by atoms with van der Waals surface area (Å²) in [6.07, 6.45) is 5.05. The van der Waals surface area contributed by atoms with Crippen molar-refractivity contribution < 1.29 is 0 Å². The smallest absolute Gasteiger partial charge is 0.0406 e. The quantitative estimate of drug-likeness (QED) is 0.563. The first-order chi connectivity index (χ1) is 4.86. The van der Waals surface area contributed by atoms with Crippen molar-refractivity contribution in [2.75, 3.05) is 0 Å². The number of nitrogens with zero attached hydrogens (tertiary/aromatic N) is 1. The molecule has 0 N–H and O–H groups in total. The predicted molar refractivity (Wildman–Crippen MR) is 43.3 cm³/mol. The van der Waals surface area contributed by atoms with E-state index in [-0.39, 0.29) is 0 Å². The molecular formula is C8H9NS. The Morgan fingerprint density at radius 1 is 1.70 bits per heavy atom. The number of fused-ring (bicyclic) bond motifs is 1. The molecule has 0 radical (unpaired) electrons. The van der Waals surface area contributed by atoms with Crippen LogP contribution in [0.1, 0.15) is 12.5 Å². The average Bonchev–Trinajstić information content (AvgIpc) is 2.27. The van der Waals surface area contributed by atoms with Gasteiger partial charge in [0.15, 0.2) is 0 Å². The monoisotopic (exact) mass is 151 g/mol. The van der Waals surface area contributed by atoms with E-state index >= 15 is 0 Å². The lowest BCUT2D eigenvalue weighted by Gasteiger charge is -1.93. The van der Waals surface area contributed by atoms with Crippen molar-refractivity contribution in [3.63, 3.8) is 0 Å². The minimum atomic E-state index is 0.749. The molecule has 1 atom stereocenters. The zero-order valence-electron chi connectivity index (χ0n) is 5.87. The zero-order valence-corrected chi connectivity index (χ0v) is 6.69. The number of thioether (sulfide) groups is 1. The van der Waals surface area contributed by atoms with Gasteiger partial charge in [-0.1, -0.05) is 6.92 Å². The fraction of sp³-hybridized carbons (Fsp3) is 0.375. The Morgan fingerprint density at radius 3 is 3.40 bits per heavy atom. The van der Waals surface area contributed by atoms with Crippen LogP contribution in [0.2, 0.25) is 0 Å². The van der Waals surface area contributed by atoms with Crippen molar-refractivity contribution >= 4 is 11.8 Å². The van der Waals surface area contributed by atoms with Gasteiger partial charge in [0.05, 0.1) is 0 Å². The molecular weight excluding hydrogens is 142 g/mol. The summed E-state index contributed by atoms with van der Waals surface area (Å²) in [6, 6.07) is 2.12. The van der Waals surface area contributed by atoms with Gasteiger partial charge in [-0.25, -0.2) is 0 Å². The normalized spacial score (nSPS) is 22.7. The summed E-state index contributed by atoms with van der Waals surface area (Å²) in [6.45, 7) is 2.25. The molecule has 1 aromatic rings. The van der Waals surface area contributed by atoms with Crippen molar-refractivity contribution in [2.24, 2.45) is 0 Å². The summed E-state index contributed by atoms with van der Waals surface area (Å²) < 4.78 is 0. The molecule has 2 heterocycles. The molecule has 0 spiro atoms. The van der Waals surface area contributed by atoms with Crippen LogP contribution >= 0.6 is 11.8 Å². The molecule has 0 aromatic carbocycles. The third-order valence-corrected chi connectivity index (χ3v) is 2.90. The van der Waals surface area contributed by atoms with Crippen LogP contribution in [-0.4, -0.2) is 10.2 Å². The van der Waals surface area contributed by atoms with Crippen molar-refractivity contribution in [3.05, 3.63) is 24.0 Å². The van der Waals surface area contributed by atoms with Crippen LogP contribution in [0, 0.1) is 0 Å². The van der Waals surface area contributed by atoms with Gasteiger partial charge in [-0.2, -0.15) is 0 Å². The Kier molecular flexibility index (Phi) is 1.42. The fourth-order valence-electron chi connectivity index (χ4n) is 1.25. The van der Waals surface area contributed by atoms with E-state index in [0.717, 1.165) is 5.25 Å². The molecule has 1 aromatic heterocycles. The topological polar surface area (TPSA) is 12.9 Å². The van der Waals surface area contributed by atoms with E-state index in [1.54, 1.807) is 0 Å². The molecule has 0 bridgehead atoms. The summed E-state index contributed by atoms with van der Waals surface area (Å²) in [5.41, 5.74) is 1.47. The summed E-state index contributed by atoms with van der Waals surface area (Å²) in [7, 11) is 0. The minimum absolute atomic E-state index is 0.749. The second-order valence-corrected chi connectivity index (χ2v) is 4.10. The Bertz CT molecular complexity index is 222. The van der Waals surface area contributed by atoms with Crippen LogP contribution < -0.4 is 0 Å². The van der Waals surface area contributed by atoms with E-state index in [2.05, 4.69) is 18.0 Å². The second-order valence-electron chi connectivity index (χ2n) is 2.62. The van der Waals surface area contributed by atoms with E-state index in [1.165, 1.54) is 16.9 Å². The molecule has 1 aliphatic heterocycles. The van der Waals surface area contributed by atoms with E-state index < -0.39 is 0 Å². The first-order valence-electron chi connectivity index (χ1n) is 3.46. The summed E-state index contributed by atoms with van der Waals surface area (Å²) in [5, 5.41) is 0.749. The Hall–Kier alpha value is -0.500. The molecule has 2 rings (SSSR count). The highest BCUT2D eigenvalue weighted by Crippen LogP contribution is 2.35. The van der Waals surface area contributed by atoms with E-state index in [4.69, 9.17) is 0 Å². The zero-order chi connectivity index (χ0) is 6.97. The third kappa shape index (κ3) is 0.926. The van der Waals surface area contributed by atoms with Gasteiger partial charge in [0.2, 0.25) is 0 Å². The van der Waals surface area contributed by atoms with Gasteiger partial charge >= 0.3 is 0 Å². The number of pyridine rings is 1. The maximum Gasteiger partial charge on any atom is 0.0406 e. The molecule has 2 heteroatoms. The molecule has 0 aliphatic carbocycles. The Balaban J connectivity index is 2.42. The van der Waals surface area contributed by atoms with Gasteiger partial charge < -0.3 is 0 Å². The van der Waals surface area contributed by atoms with Crippen molar-refractivity contribution in [2.45, 2.75) is 23.5 Å². The minimum Gasteiger partial charge on any atom is -0.264 e. The van der Waals surface area contributed by atoms with Gasteiger partial charge in [-0.05, 0) is 18.1 Å². The predicted octanol–water partition coefficient (Wildman–Crippen LogP) is 2.12. The van der Waals surface area contributed by atoms with Gasteiger partial charge in [0.25, 0.3) is 0 Å². The third-order valence-electron chi connectivity index (χ3n) is 1.71. The molecule has 0 fully saturated rings. The van der Waals surface area contributed by atoms with Gasteiger partial charge in [0, 0.05) is 22.5 Å². The lowest BCUT2D eigenvalue weighted by molar-refractivity contribution is 0.954. The fourth-order valence-corrected chi connectivity index (χ4v) is 2.37. The molecule has 10 heavy (non-hydrogen) atoms. The highest BCUT2D eigenvalue weighted by Gasteiger charge is 2.17. The number of hydrogen-bond donors (Lipinski definition) is 0. The molecule has 0 saturated heterocycles. The maximum absolute atomic E-state index is 4.07. The summed E-state index contributed by atoms with van der Waals surface area (Å²) in [5.74, 6) is 0. The average molecular weight is 151 g/mol. The number of hydrogen-bond acceptors (Lipinski definition) is 2. The van der Waals surface area contributed by atoms with Crippen LogP contribution in [-0.2, 0) is 6.42 Å². The lowest BCUT2D eigenvalue weighted by atomic mass is 10.2. The lowest BCUT2D eigenvalue weighted by Crippen LogP contribution is -1.90. The van der Waals surface area contributed by atoms with Crippen LogP contribution in [0.5, 0.6) is 0 Å². The molecule has 1 nitrogen and oxygen atoms in total. The first-order valence-corrected chi connectivity index (χ1v) is 4.34. The Morgan fingerprint density at radius 2 is 2.60 bits per heavy atom. The van der Waals surface area contributed by atoms with Gasteiger partial charge in [-0.15, -0.1) is 11.8 Å². The highest BCUT2D eigenvalue weighted by atomic mass is 32.2. The van der Waals surface area contributed by atoms with Crippen LogP contribution in [0.15, 0.2) is 23.4 Å². The van der Waals surface area contributed by atoms with Gasteiger partial charge in [0.1, 0.15) is 0 Å². The van der Waals surface area contributed by atoms with Crippen LogP contribution in [0.25, 0.3) is 0 Å². The molecule has 1 unspecified atom stereocenters. The highest BCUT2D eigenvalue weighted by molar-refractivity contribution is 8.00. The summed E-state index contributed by atoms with van der Waals surface area (Å²) in [4.78, 5) is 5.44. The largest absolute Gasteiger partial charge is 0.264 e. The molecule has 52 valence electrons. The van der Waals surface area contributed by atoms with Gasteiger partial charge in [-0.3, -0.25) is 4.98 Å². The first kappa shape index (κ1) is 6.23. The van der Waals surface area contributed by atoms with Crippen molar-refractivity contribution in [3.8, 4) is 0 Å². The Labute approximate surface area is 64.9 Å². The van der Waals surface area contributed by atoms with Crippen molar-refractivity contribution in [1.82, 2.24) is 4.98 Å². The standard InChI is InChI=1S/C8H9NS/c1-6-4-7-2-3-9-5-8(7)10-6/h2-3,5-6H,4H2,1H3. The summed E-state index contributed by atoms with van der Waals surface area (Å²) >= 11 is 1.93. The maximum atomic E-state index is 4.07. The van der Waals surface area contributed by atoms with Crippen LogP contribution in [0.3, 0.4) is 0 Å². The second kappa shape index (κ2) is 2.27. The van der Waals surface area contributed by atoms with Crippen LogP contribution in [0.4, 0.5) is 0 Å². The molecule has 0 amide bonds. The molecule has 1 aliphatic rings. The van der Waals surface area contributed by atoms with E-state index in [0.29, 0.717) is 0 Å². The number of rotatable bonds is 0. The SMILES string of the molecule is CC1Cc2ccncc2S1. The van der Waals surface area contributed by atoms with Crippen molar-refractivity contribution in [1.29, 1.82) is 0 Å². The van der Waals surface area contributed by atoms with E-state index in [9.17, 15) is 0 Å². The molecule has 0 saturated carbocycles. The number of aromatic nitrogens is 1. The van der Waals surface area contributed by atoms with E-state index in [1.807, 2.05) is 24.2 Å².